The summed E-state index contributed by atoms with van der Waals surface area (Å²) in [5, 5.41) is 0. The van der Waals surface area contributed by atoms with Gasteiger partial charge in [-0.3, -0.25) is 10.1 Å². The molecule has 1 saturated heterocycles. The lowest BCUT2D eigenvalue weighted by Gasteiger charge is -2.07. The molecule has 0 amide bonds. The van der Waals surface area contributed by atoms with E-state index in [2.05, 4.69) is 15.6 Å². The molecule has 1 aromatic carbocycles. The first kappa shape index (κ1) is 16.9. The minimum atomic E-state index is -3.98. The molecule has 0 saturated carbocycles. The molecule has 0 aliphatic carbocycles. The second-order valence-electron chi connectivity index (χ2n) is 5.78. The molecule has 3 N–H and O–H groups in total. The number of rotatable bonds is 4. The Kier molecular flexibility index (Phi) is 4.33. The van der Waals surface area contributed by atoms with Crippen LogP contribution >= 0.6 is 0 Å². The van der Waals surface area contributed by atoms with E-state index in [9.17, 15) is 17.2 Å². The second kappa shape index (κ2) is 6.15. The minimum absolute atomic E-state index is 0.0383. The van der Waals surface area contributed by atoms with Gasteiger partial charge in [0.15, 0.2) is 11.6 Å². The molecule has 1 aliphatic rings. The second-order valence-corrected chi connectivity index (χ2v) is 7.43. The third kappa shape index (κ3) is 3.28. The first-order valence-electron chi connectivity index (χ1n) is 7.35. The van der Waals surface area contributed by atoms with Gasteiger partial charge in [-0.05, 0) is 32.4 Å². The normalized spacial score (nSPS) is 21.2. The SMILES string of the molecule is Cc1oc(C2CC(C)NN2)cc1S(=O)(=O)Nc1ccc(F)c(F)c1. The molecule has 1 fully saturated rings. The highest BCUT2D eigenvalue weighted by Gasteiger charge is 2.29. The molecule has 2 unspecified atom stereocenters. The third-order valence-electron chi connectivity index (χ3n) is 3.79. The fraction of sp³-hybridized carbons (Fsp3) is 0.333. The molecule has 2 atom stereocenters. The van der Waals surface area contributed by atoms with Gasteiger partial charge in [-0.1, -0.05) is 0 Å². The van der Waals surface area contributed by atoms with Crippen LogP contribution in [0.15, 0.2) is 33.6 Å². The first-order valence-corrected chi connectivity index (χ1v) is 8.84. The number of furan rings is 1. The number of nitrogens with one attached hydrogen (secondary N) is 3. The largest absolute Gasteiger partial charge is 0.463 e. The van der Waals surface area contributed by atoms with E-state index in [4.69, 9.17) is 4.42 Å². The van der Waals surface area contributed by atoms with Crippen LogP contribution in [0.25, 0.3) is 0 Å². The Morgan fingerprint density at radius 1 is 1.21 bits per heavy atom. The van der Waals surface area contributed by atoms with Gasteiger partial charge in [-0.25, -0.2) is 22.6 Å². The maximum atomic E-state index is 13.2. The van der Waals surface area contributed by atoms with Crippen molar-refractivity contribution in [1.29, 1.82) is 0 Å². The number of anilines is 1. The first-order chi connectivity index (χ1) is 11.3. The Morgan fingerprint density at radius 2 is 1.96 bits per heavy atom. The van der Waals surface area contributed by atoms with Crippen LogP contribution in [0.2, 0.25) is 0 Å². The summed E-state index contributed by atoms with van der Waals surface area (Å²) in [7, 11) is -3.98. The van der Waals surface area contributed by atoms with Crippen molar-refractivity contribution in [2.24, 2.45) is 0 Å². The Hall–Kier alpha value is -1.97. The van der Waals surface area contributed by atoms with E-state index in [0.717, 1.165) is 24.6 Å². The molecular weight excluding hydrogens is 340 g/mol. The quantitative estimate of drug-likeness (QED) is 0.783. The van der Waals surface area contributed by atoms with Crippen molar-refractivity contribution in [1.82, 2.24) is 10.9 Å². The van der Waals surface area contributed by atoms with Crippen molar-refractivity contribution in [2.45, 2.75) is 37.2 Å². The van der Waals surface area contributed by atoms with E-state index in [1.54, 1.807) is 0 Å². The Balaban J connectivity index is 1.86. The standard InChI is InChI=1S/C15H17F2N3O3S/c1-8-5-13(19-18-8)14-7-15(9(2)23-14)24(21,22)20-10-3-4-11(16)12(17)6-10/h3-4,6-8,13,18-20H,5H2,1-2H3. The Morgan fingerprint density at radius 3 is 2.58 bits per heavy atom. The van der Waals surface area contributed by atoms with Gasteiger partial charge >= 0.3 is 0 Å². The number of benzene rings is 1. The molecule has 0 bridgehead atoms. The van der Waals surface area contributed by atoms with Gasteiger partial charge < -0.3 is 4.42 Å². The third-order valence-corrected chi connectivity index (χ3v) is 5.28. The maximum Gasteiger partial charge on any atom is 0.265 e. The van der Waals surface area contributed by atoms with E-state index >= 15 is 0 Å². The average Bonchev–Trinajstić information content (AvgIpc) is 3.09. The molecule has 9 heteroatoms. The predicted molar refractivity (Wildman–Crippen MR) is 83.7 cm³/mol. The van der Waals surface area contributed by atoms with E-state index in [-0.39, 0.29) is 28.4 Å². The molecule has 3 rings (SSSR count). The highest BCUT2D eigenvalue weighted by atomic mass is 32.2. The van der Waals surface area contributed by atoms with Crippen LogP contribution in [-0.2, 0) is 10.0 Å². The molecular formula is C15H17F2N3O3S. The summed E-state index contributed by atoms with van der Waals surface area (Å²) in [6.07, 6.45) is 0.753. The number of hydrazine groups is 1. The summed E-state index contributed by atoms with van der Waals surface area (Å²) < 4.78 is 58.9. The monoisotopic (exact) mass is 357 g/mol. The smallest absolute Gasteiger partial charge is 0.265 e. The van der Waals surface area contributed by atoms with E-state index in [1.807, 2.05) is 6.92 Å². The number of hydrogen-bond donors (Lipinski definition) is 3. The summed E-state index contributed by atoms with van der Waals surface area (Å²) >= 11 is 0. The molecule has 6 nitrogen and oxygen atoms in total. The molecule has 24 heavy (non-hydrogen) atoms. The predicted octanol–water partition coefficient (Wildman–Crippen LogP) is 2.59. The van der Waals surface area contributed by atoms with Gasteiger partial charge in [-0.2, -0.15) is 0 Å². The van der Waals surface area contributed by atoms with Crippen molar-refractivity contribution < 1.29 is 21.6 Å². The highest BCUT2D eigenvalue weighted by molar-refractivity contribution is 7.92. The zero-order chi connectivity index (χ0) is 17.5. The van der Waals surface area contributed by atoms with Crippen molar-refractivity contribution in [3.63, 3.8) is 0 Å². The lowest BCUT2D eigenvalue weighted by molar-refractivity contribution is 0.416. The van der Waals surface area contributed by atoms with Crippen molar-refractivity contribution in [2.75, 3.05) is 4.72 Å². The number of halogens is 2. The molecule has 1 aliphatic heterocycles. The number of hydrogen-bond acceptors (Lipinski definition) is 5. The van der Waals surface area contributed by atoms with Crippen LogP contribution in [0.5, 0.6) is 0 Å². The van der Waals surface area contributed by atoms with Gasteiger partial charge in [0.05, 0.1) is 11.7 Å². The topological polar surface area (TPSA) is 83.4 Å². The van der Waals surface area contributed by atoms with E-state index < -0.39 is 21.7 Å². The maximum absolute atomic E-state index is 13.2. The molecule has 1 aromatic heterocycles. The summed E-state index contributed by atoms with van der Waals surface area (Å²) in [5.74, 6) is -1.46. The summed E-state index contributed by atoms with van der Waals surface area (Å²) in [6, 6.07) is 4.33. The van der Waals surface area contributed by atoms with Crippen molar-refractivity contribution >= 4 is 15.7 Å². The number of sulfonamides is 1. The zero-order valence-corrected chi connectivity index (χ0v) is 13.9. The van der Waals surface area contributed by atoms with Crippen LogP contribution in [0.1, 0.15) is 30.9 Å². The highest BCUT2D eigenvalue weighted by Crippen LogP contribution is 2.29. The van der Waals surface area contributed by atoms with Gasteiger partial charge in [0.1, 0.15) is 16.4 Å². The molecule has 0 radical (unpaired) electrons. The van der Waals surface area contributed by atoms with Crippen LogP contribution in [0.4, 0.5) is 14.5 Å². The molecule has 2 aromatic rings. The van der Waals surface area contributed by atoms with E-state index in [0.29, 0.717) is 5.76 Å². The Labute approximate surface area is 138 Å². The minimum Gasteiger partial charge on any atom is -0.463 e. The fourth-order valence-electron chi connectivity index (χ4n) is 2.60. The molecule has 0 spiro atoms. The van der Waals surface area contributed by atoms with E-state index in [1.165, 1.54) is 13.0 Å². The fourth-order valence-corrected chi connectivity index (χ4v) is 3.84. The summed E-state index contributed by atoms with van der Waals surface area (Å²) in [4.78, 5) is -0.0383. The van der Waals surface area contributed by atoms with Gasteiger partial charge in [-0.15, -0.1) is 0 Å². The van der Waals surface area contributed by atoms with Crippen LogP contribution in [0, 0.1) is 18.6 Å². The lowest BCUT2D eigenvalue weighted by atomic mass is 10.1. The number of aryl methyl sites for hydroxylation is 1. The lowest BCUT2D eigenvalue weighted by Crippen LogP contribution is -2.28. The van der Waals surface area contributed by atoms with Gasteiger partial charge in [0.25, 0.3) is 10.0 Å². The van der Waals surface area contributed by atoms with Crippen LogP contribution in [-0.4, -0.2) is 14.5 Å². The molecule has 130 valence electrons. The van der Waals surface area contributed by atoms with Crippen LogP contribution in [0.3, 0.4) is 0 Å². The van der Waals surface area contributed by atoms with Gasteiger partial charge in [0, 0.05) is 18.2 Å². The Bertz CT molecular complexity index is 867. The zero-order valence-electron chi connectivity index (χ0n) is 13.1. The van der Waals surface area contributed by atoms with Crippen molar-refractivity contribution in [3.8, 4) is 0 Å². The summed E-state index contributed by atoms with van der Waals surface area (Å²) in [5.41, 5.74) is 6.00. The molecule has 2 heterocycles. The van der Waals surface area contributed by atoms with Gasteiger partial charge in [0.2, 0.25) is 0 Å². The average molecular weight is 357 g/mol. The van der Waals surface area contributed by atoms with Crippen LogP contribution < -0.4 is 15.6 Å². The summed E-state index contributed by atoms with van der Waals surface area (Å²) in [6.45, 7) is 3.53. The van der Waals surface area contributed by atoms with Crippen molar-refractivity contribution in [3.05, 3.63) is 47.4 Å².